The molecule has 106 valence electrons. The van der Waals surface area contributed by atoms with E-state index in [0.29, 0.717) is 18.0 Å². The van der Waals surface area contributed by atoms with Gasteiger partial charge >= 0.3 is 0 Å². The predicted molar refractivity (Wildman–Crippen MR) is 84.0 cm³/mol. The van der Waals surface area contributed by atoms with E-state index in [2.05, 4.69) is 62.2 Å². The molecule has 0 amide bonds. The summed E-state index contributed by atoms with van der Waals surface area (Å²) in [4.78, 5) is 2.60. The number of para-hydroxylation sites is 1. The van der Waals surface area contributed by atoms with Crippen molar-refractivity contribution in [3.63, 3.8) is 0 Å². The molecule has 2 atom stereocenters. The molecule has 1 saturated heterocycles. The molecule has 1 aromatic rings. The molecule has 1 fully saturated rings. The van der Waals surface area contributed by atoms with E-state index in [9.17, 15) is 0 Å². The molecule has 1 N–H and O–H groups in total. The van der Waals surface area contributed by atoms with Crippen LogP contribution in [0.1, 0.15) is 52.0 Å². The van der Waals surface area contributed by atoms with Gasteiger partial charge in [0.2, 0.25) is 0 Å². The molecule has 1 heterocycles. The van der Waals surface area contributed by atoms with E-state index in [0.717, 1.165) is 6.54 Å². The molecule has 0 aromatic heterocycles. The highest BCUT2D eigenvalue weighted by atomic mass is 15.2. The summed E-state index contributed by atoms with van der Waals surface area (Å²) < 4.78 is 0. The van der Waals surface area contributed by atoms with Gasteiger partial charge in [0.15, 0.2) is 0 Å². The molecule has 2 heteroatoms. The number of hydrogen-bond donors (Lipinski definition) is 1. The van der Waals surface area contributed by atoms with Gasteiger partial charge in [-0.25, -0.2) is 0 Å². The summed E-state index contributed by atoms with van der Waals surface area (Å²) in [5.74, 6) is 0.592. The van der Waals surface area contributed by atoms with E-state index in [4.69, 9.17) is 0 Å². The lowest BCUT2D eigenvalue weighted by Gasteiger charge is -2.41. The van der Waals surface area contributed by atoms with E-state index in [1.165, 1.54) is 30.6 Å². The zero-order valence-corrected chi connectivity index (χ0v) is 12.8. The summed E-state index contributed by atoms with van der Waals surface area (Å²) >= 11 is 0. The van der Waals surface area contributed by atoms with Crippen LogP contribution in [0.4, 0.5) is 5.69 Å². The fourth-order valence-electron chi connectivity index (χ4n) is 3.24. The zero-order chi connectivity index (χ0) is 13.8. The predicted octanol–water partition coefficient (Wildman–Crippen LogP) is 3.78. The summed E-state index contributed by atoms with van der Waals surface area (Å²) in [6.07, 6.45) is 2.50. The van der Waals surface area contributed by atoms with Gasteiger partial charge in [0, 0.05) is 24.3 Å². The van der Waals surface area contributed by atoms with E-state index in [-0.39, 0.29) is 0 Å². The second-order valence-corrected chi connectivity index (χ2v) is 6.03. The van der Waals surface area contributed by atoms with Gasteiger partial charge in [-0.15, -0.1) is 0 Å². The third kappa shape index (κ3) is 3.30. The van der Waals surface area contributed by atoms with E-state index in [1.807, 2.05) is 0 Å². The van der Waals surface area contributed by atoms with Crippen molar-refractivity contribution in [2.24, 2.45) is 0 Å². The number of hydrogen-bond acceptors (Lipinski definition) is 2. The third-order valence-corrected chi connectivity index (χ3v) is 4.24. The zero-order valence-electron chi connectivity index (χ0n) is 12.8. The molecule has 19 heavy (non-hydrogen) atoms. The van der Waals surface area contributed by atoms with Gasteiger partial charge in [-0.1, -0.05) is 39.0 Å². The minimum Gasteiger partial charge on any atom is -0.368 e. The van der Waals surface area contributed by atoms with Crippen LogP contribution in [0.15, 0.2) is 24.3 Å². The van der Waals surface area contributed by atoms with Gasteiger partial charge in [0.25, 0.3) is 0 Å². The highest BCUT2D eigenvalue weighted by molar-refractivity contribution is 5.56. The summed E-state index contributed by atoms with van der Waals surface area (Å²) in [6, 6.07) is 10.2. The van der Waals surface area contributed by atoms with Gasteiger partial charge in [-0.05, 0) is 43.9 Å². The Morgan fingerprint density at radius 1 is 1.32 bits per heavy atom. The van der Waals surface area contributed by atoms with Crippen LogP contribution in [0.25, 0.3) is 0 Å². The van der Waals surface area contributed by atoms with Crippen LogP contribution in [0.2, 0.25) is 0 Å². The first kappa shape index (κ1) is 14.4. The summed E-state index contributed by atoms with van der Waals surface area (Å²) in [6.45, 7) is 11.4. The second-order valence-electron chi connectivity index (χ2n) is 6.03. The van der Waals surface area contributed by atoms with Gasteiger partial charge < -0.3 is 10.2 Å². The molecular weight excluding hydrogens is 232 g/mol. The maximum Gasteiger partial charge on any atom is 0.0403 e. The molecule has 1 aliphatic rings. The van der Waals surface area contributed by atoms with Crippen LogP contribution in [0.5, 0.6) is 0 Å². The Labute approximate surface area is 118 Å². The van der Waals surface area contributed by atoms with Crippen molar-refractivity contribution in [1.29, 1.82) is 0 Å². The van der Waals surface area contributed by atoms with Gasteiger partial charge in [0.1, 0.15) is 0 Å². The van der Waals surface area contributed by atoms with Crippen LogP contribution in [0.3, 0.4) is 0 Å². The lowest BCUT2D eigenvalue weighted by Crippen LogP contribution is -2.47. The maximum absolute atomic E-state index is 3.60. The first-order chi connectivity index (χ1) is 9.13. The first-order valence-electron chi connectivity index (χ1n) is 7.72. The van der Waals surface area contributed by atoms with Crippen molar-refractivity contribution >= 4 is 5.69 Å². The van der Waals surface area contributed by atoms with Crippen LogP contribution in [-0.4, -0.2) is 25.2 Å². The molecule has 0 bridgehead atoms. The highest BCUT2D eigenvalue weighted by Crippen LogP contribution is 2.31. The lowest BCUT2D eigenvalue weighted by atomic mass is 9.94. The quantitative estimate of drug-likeness (QED) is 0.886. The van der Waals surface area contributed by atoms with Crippen molar-refractivity contribution < 1.29 is 0 Å². The monoisotopic (exact) mass is 260 g/mol. The SMILES string of the molecule is CCNC1CCN(c2ccccc2C(C)C)C(C)C1. The molecule has 1 aliphatic heterocycles. The van der Waals surface area contributed by atoms with Crippen LogP contribution >= 0.6 is 0 Å². The van der Waals surface area contributed by atoms with Crippen molar-refractivity contribution in [2.75, 3.05) is 18.0 Å². The number of nitrogens with one attached hydrogen (secondary N) is 1. The van der Waals surface area contributed by atoms with Crippen molar-refractivity contribution in [2.45, 2.75) is 58.5 Å². The summed E-state index contributed by atoms with van der Waals surface area (Å²) in [7, 11) is 0. The van der Waals surface area contributed by atoms with Gasteiger partial charge in [-0.3, -0.25) is 0 Å². The summed E-state index contributed by atoms with van der Waals surface area (Å²) in [5.41, 5.74) is 2.93. The van der Waals surface area contributed by atoms with Crippen molar-refractivity contribution in [3.8, 4) is 0 Å². The topological polar surface area (TPSA) is 15.3 Å². The number of piperidine rings is 1. The Morgan fingerprint density at radius 2 is 2.05 bits per heavy atom. The number of anilines is 1. The van der Waals surface area contributed by atoms with E-state index < -0.39 is 0 Å². The molecule has 0 spiro atoms. The minimum atomic E-state index is 0.592. The average molecular weight is 260 g/mol. The normalized spacial score (nSPS) is 23.9. The summed E-state index contributed by atoms with van der Waals surface area (Å²) in [5, 5.41) is 3.60. The first-order valence-corrected chi connectivity index (χ1v) is 7.72. The van der Waals surface area contributed by atoms with Crippen molar-refractivity contribution in [3.05, 3.63) is 29.8 Å². The Morgan fingerprint density at radius 3 is 2.68 bits per heavy atom. The minimum absolute atomic E-state index is 0.592. The third-order valence-electron chi connectivity index (χ3n) is 4.24. The van der Waals surface area contributed by atoms with Crippen LogP contribution in [-0.2, 0) is 0 Å². The van der Waals surface area contributed by atoms with E-state index >= 15 is 0 Å². The fraction of sp³-hybridized carbons (Fsp3) is 0.647. The average Bonchev–Trinajstić information content (AvgIpc) is 2.39. The van der Waals surface area contributed by atoms with Crippen LogP contribution in [0, 0.1) is 0 Å². The Bertz CT molecular complexity index is 400. The molecule has 2 nitrogen and oxygen atoms in total. The standard InChI is InChI=1S/C17H28N2/c1-5-18-15-10-11-19(14(4)12-15)17-9-7-6-8-16(17)13(2)3/h6-9,13-15,18H,5,10-12H2,1-4H3. The fourth-order valence-corrected chi connectivity index (χ4v) is 3.24. The lowest BCUT2D eigenvalue weighted by molar-refractivity contribution is 0.373. The molecule has 2 rings (SSSR count). The highest BCUT2D eigenvalue weighted by Gasteiger charge is 2.26. The van der Waals surface area contributed by atoms with Gasteiger partial charge in [0.05, 0.1) is 0 Å². The van der Waals surface area contributed by atoms with E-state index in [1.54, 1.807) is 0 Å². The molecular formula is C17H28N2. The maximum atomic E-state index is 3.60. The number of nitrogens with zero attached hydrogens (tertiary/aromatic N) is 1. The van der Waals surface area contributed by atoms with Crippen molar-refractivity contribution in [1.82, 2.24) is 5.32 Å². The molecule has 0 saturated carbocycles. The Hall–Kier alpha value is -1.02. The molecule has 1 aromatic carbocycles. The molecule has 0 aliphatic carbocycles. The largest absolute Gasteiger partial charge is 0.368 e. The number of rotatable bonds is 4. The molecule has 0 radical (unpaired) electrons. The Balaban J connectivity index is 2.15. The smallest absolute Gasteiger partial charge is 0.0403 e. The van der Waals surface area contributed by atoms with Crippen LogP contribution < -0.4 is 10.2 Å². The Kier molecular flexibility index (Phi) is 4.87. The van der Waals surface area contributed by atoms with Gasteiger partial charge in [-0.2, -0.15) is 0 Å². The number of benzene rings is 1. The molecule has 2 unspecified atom stereocenters. The second kappa shape index (κ2) is 6.42.